The number of aromatic nitrogens is 1. The maximum absolute atomic E-state index is 13.3. The fourth-order valence-corrected chi connectivity index (χ4v) is 1.57. The second kappa shape index (κ2) is 5.23. The van der Waals surface area contributed by atoms with Crippen LogP contribution >= 0.6 is 15.9 Å². The monoisotopic (exact) mass is 298 g/mol. The van der Waals surface area contributed by atoms with Gasteiger partial charge in [-0.05, 0) is 40.2 Å². The molecule has 2 rings (SSSR count). The molecule has 0 unspecified atom stereocenters. The third-order valence-corrected chi connectivity index (χ3v) is 2.67. The molecule has 0 spiro atoms. The smallest absolute Gasteiger partial charge is 0.181 e. The van der Waals surface area contributed by atoms with Crippen molar-refractivity contribution in [3.05, 3.63) is 58.3 Å². The molecule has 0 aliphatic heterocycles. The van der Waals surface area contributed by atoms with Crippen LogP contribution < -0.4 is 5.32 Å². The summed E-state index contributed by atoms with van der Waals surface area (Å²) in [7, 11) is 0. The minimum Gasteiger partial charge on any atom is -0.377 e. The van der Waals surface area contributed by atoms with Crippen molar-refractivity contribution in [3.8, 4) is 0 Å². The summed E-state index contributed by atoms with van der Waals surface area (Å²) in [5, 5.41) is 2.80. The molecule has 0 aliphatic carbocycles. The highest BCUT2D eigenvalue weighted by Gasteiger charge is 2.06. The first-order valence-corrected chi connectivity index (χ1v) is 5.74. The number of rotatable bonds is 3. The summed E-state index contributed by atoms with van der Waals surface area (Å²) >= 11 is 3.27. The Bertz CT molecular complexity index is 514. The first kappa shape index (κ1) is 12.0. The molecular formula is C12H9BrF2N2. The van der Waals surface area contributed by atoms with Crippen LogP contribution in [0.4, 0.5) is 14.5 Å². The Hall–Kier alpha value is -1.49. The molecule has 88 valence electrons. The van der Waals surface area contributed by atoms with Crippen LogP contribution in [0.1, 0.15) is 5.69 Å². The Morgan fingerprint density at radius 1 is 1.18 bits per heavy atom. The second-order valence-corrected chi connectivity index (χ2v) is 4.34. The minimum atomic E-state index is -0.871. The minimum absolute atomic E-state index is 0.134. The predicted molar refractivity (Wildman–Crippen MR) is 65.6 cm³/mol. The topological polar surface area (TPSA) is 24.9 Å². The number of hydrogen-bond acceptors (Lipinski definition) is 2. The van der Waals surface area contributed by atoms with Crippen molar-refractivity contribution in [2.45, 2.75) is 6.54 Å². The van der Waals surface area contributed by atoms with Crippen LogP contribution in [0.15, 0.2) is 41.0 Å². The van der Waals surface area contributed by atoms with Gasteiger partial charge in [0.15, 0.2) is 11.6 Å². The van der Waals surface area contributed by atoms with E-state index >= 15 is 0 Å². The molecule has 0 atom stereocenters. The lowest BCUT2D eigenvalue weighted by Crippen LogP contribution is -2.03. The van der Waals surface area contributed by atoms with Crippen LogP contribution in [0.25, 0.3) is 0 Å². The van der Waals surface area contributed by atoms with Crippen LogP contribution in [-0.4, -0.2) is 4.98 Å². The molecule has 0 bridgehead atoms. The number of nitrogens with one attached hydrogen (secondary N) is 1. The van der Waals surface area contributed by atoms with Crippen molar-refractivity contribution in [1.29, 1.82) is 0 Å². The number of pyridine rings is 1. The van der Waals surface area contributed by atoms with E-state index in [-0.39, 0.29) is 5.69 Å². The van der Waals surface area contributed by atoms with Gasteiger partial charge < -0.3 is 5.32 Å². The Kier molecular flexibility index (Phi) is 3.68. The van der Waals surface area contributed by atoms with E-state index in [1.54, 1.807) is 12.3 Å². The summed E-state index contributed by atoms with van der Waals surface area (Å²) in [5.41, 5.74) is 0.881. The molecule has 1 aromatic carbocycles. The molecule has 2 nitrogen and oxygen atoms in total. The van der Waals surface area contributed by atoms with Gasteiger partial charge in [-0.15, -0.1) is 0 Å². The summed E-state index contributed by atoms with van der Waals surface area (Å²) < 4.78 is 27.1. The van der Waals surface area contributed by atoms with E-state index in [1.807, 2.05) is 6.07 Å². The van der Waals surface area contributed by atoms with Gasteiger partial charge in [-0.2, -0.15) is 0 Å². The Labute approximate surface area is 106 Å². The van der Waals surface area contributed by atoms with Gasteiger partial charge in [-0.3, -0.25) is 4.98 Å². The normalized spacial score (nSPS) is 10.3. The lowest BCUT2D eigenvalue weighted by atomic mass is 10.3. The maximum atomic E-state index is 13.3. The van der Waals surface area contributed by atoms with Gasteiger partial charge in [0.05, 0.1) is 17.9 Å². The van der Waals surface area contributed by atoms with E-state index in [0.717, 1.165) is 16.2 Å². The summed E-state index contributed by atoms with van der Waals surface area (Å²) in [6.45, 7) is 0.341. The van der Waals surface area contributed by atoms with Gasteiger partial charge >= 0.3 is 0 Å². The SMILES string of the molecule is Fc1cccc(NCc2ccc(Br)cn2)c1F. The molecule has 2 aromatic rings. The summed E-state index contributed by atoms with van der Waals surface area (Å²) in [6.07, 6.45) is 1.65. The molecule has 1 N–H and O–H groups in total. The van der Waals surface area contributed by atoms with Crippen molar-refractivity contribution in [1.82, 2.24) is 4.98 Å². The highest BCUT2D eigenvalue weighted by Crippen LogP contribution is 2.17. The van der Waals surface area contributed by atoms with Gasteiger partial charge in [-0.1, -0.05) is 6.07 Å². The lowest BCUT2D eigenvalue weighted by molar-refractivity contribution is 0.511. The summed E-state index contributed by atoms with van der Waals surface area (Å²) in [5.74, 6) is -1.73. The average molecular weight is 299 g/mol. The number of hydrogen-bond donors (Lipinski definition) is 1. The van der Waals surface area contributed by atoms with Crippen molar-refractivity contribution in [2.24, 2.45) is 0 Å². The highest BCUT2D eigenvalue weighted by atomic mass is 79.9. The molecule has 5 heteroatoms. The van der Waals surface area contributed by atoms with E-state index < -0.39 is 11.6 Å². The zero-order valence-electron chi connectivity index (χ0n) is 8.75. The standard InChI is InChI=1S/C12H9BrF2N2/c13-8-4-5-9(16-6-8)7-17-11-3-1-2-10(14)12(11)15/h1-6,17H,7H2. The maximum Gasteiger partial charge on any atom is 0.181 e. The molecule has 1 aromatic heterocycles. The largest absolute Gasteiger partial charge is 0.377 e. The molecule has 0 fully saturated rings. The Morgan fingerprint density at radius 2 is 2.00 bits per heavy atom. The Balaban J connectivity index is 2.07. The third-order valence-electron chi connectivity index (χ3n) is 2.20. The number of halogens is 3. The van der Waals surface area contributed by atoms with Crippen molar-refractivity contribution >= 4 is 21.6 Å². The highest BCUT2D eigenvalue weighted by molar-refractivity contribution is 9.10. The number of benzene rings is 1. The van der Waals surface area contributed by atoms with Crippen molar-refractivity contribution < 1.29 is 8.78 Å². The molecule has 17 heavy (non-hydrogen) atoms. The lowest BCUT2D eigenvalue weighted by Gasteiger charge is -2.07. The average Bonchev–Trinajstić information content (AvgIpc) is 2.33. The molecule has 0 amide bonds. The van der Waals surface area contributed by atoms with Gasteiger partial charge in [-0.25, -0.2) is 8.78 Å². The summed E-state index contributed by atoms with van der Waals surface area (Å²) in [4.78, 5) is 4.12. The zero-order valence-corrected chi connectivity index (χ0v) is 10.3. The van der Waals surface area contributed by atoms with Crippen LogP contribution in [0, 0.1) is 11.6 Å². The molecule has 0 radical (unpaired) electrons. The number of anilines is 1. The van der Waals surface area contributed by atoms with Gasteiger partial charge in [0.1, 0.15) is 0 Å². The van der Waals surface area contributed by atoms with E-state index in [4.69, 9.17) is 0 Å². The molecule has 0 saturated carbocycles. The number of nitrogens with zero attached hydrogens (tertiary/aromatic N) is 1. The second-order valence-electron chi connectivity index (χ2n) is 3.42. The molecule has 0 saturated heterocycles. The van der Waals surface area contributed by atoms with Gasteiger partial charge in [0.2, 0.25) is 0 Å². The molecule has 0 aliphatic rings. The predicted octanol–water partition coefficient (Wildman–Crippen LogP) is 3.73. The third kappa shape index (κ3) is 3.00. The Morgan fingerprint density at radius 3 is 2.71 bits per heavy atom. The molecular weight excluding hydrogens is 290 g/mol. The summed E-state index contributed by atoms with van der Waals surface area (Å²) in [6, 6.07) is 7.66. The van der Waals surface area contributed by atoms with Gasteiger partial charge in [0.25, 0.3) is 0 Å². The van der Waals surface area contributed by atoms with E-state index in [1.165, 1.54) is 12.1 Å². The van der Waals surface area contributed by atoms with E-state index in [2.05, 4.69) is 26.2 Å². The first-order valence-electron chi connectivity index (χ1n) is 4.95. The van der Waals surface area contributed by atoms with E-state index in [0.29, 0.717) is 6.54 Å². The van der Waals surface area contributed by atoms with Crippen LogP contribution in [0.2, 0.25) is 0 Å². The quantitative estimate of drug-likeness (QED) is 0.934. The van der Waals surface area contributed by atoms with Crippen LogP contribution in [-0.2, 0) is 6.54 Å². The zero-order chi connectivity index (χ0) is 12.3. The van der Waals surface area contributed by atoms with Gasteiger partial charge in [0, 0.05) is 10.7 Å². The molecule has 1 heterocycles. The van der Waals surface area contributed by atoms with Crippen molar-refractivity contribution in [2.75, 3.05) is 5.32 Å². The first-order chi connectivity index (χ1) is 8.16. The van der Waals surface area contributed by atoms with E-state index in [9.17, 15) is 8.78 Å². The van der Waals surface area contributed by atoms with Crippen LogP contribution in [0.5, 0.6) is 0 Å². The van der Waals surface area contributed by atoms with Crippen molar-refractivity contribution in [3.63, 3.8) is 0 Å². The van der Waals surface area contributed by atoms with Crippen LogP contribution in [0.3, 0.4) is 0 Å². The fourth-order valence-electron chi connectivity index (χ4n) is 1.34. The fraction of sp³-hybridized carbons (Fsp3) is 0.0833.